The van der Waals surface area contributed by atoms with Crippen LogP contribution in [0.5, 0.6) is 11.5 Å². The minimum atomic E-state index is -3.80. The van der Waals surface area contributed by atoms with Gasteiger partial charge in [-0.3, -0.25) is 4.79 Å². The average Bonchev–Trinajstić information content (AvgIpc) is 3.59. The summed E-state index contributed by atoms with van der Waals surface area (Å²) in [6.07, 6.45) is 2.73. The molecule has 9 heteroatoms. The highest BCUT2D eigenvalue weighted by Gasteiger charge is 2.37. The number of hydrogen-bond donors (Lipinski definition) is 0. The summed E-state index contributed by atoms with van der Waals surface area (Å²) in [6, 6.07) is 16.0. The molecule has 0 radical (unpaired) electrons. The van der Waals surface area contributed by atoms with E-state index >= 15 is 0 Å². The van der Waals surface area contributed by atoms with Crippen LogP contribution in [-0.4, -0.2) is 56.9 Å². The van der Waals surface area contributed by atoms with E-state index in [-0.39, 0.29) is 30.0 Å². The van der Waals surface area contributed by atoms with Crippen LogP contribution >= 0.6 is 11.3 Å². The molecule has 2 aliphatic rings. The van der Waals surface area contributed by atoms with Gasteiger partial charge in [-0.15, -0.1) is 11.3 Å². The Morgan fingerprint density at radius 1 is 1.08 bits per heavy atom. The number of nitrogens with zero attached hydrogens (tertiary/aromatic N) is 2. The Labute approximate surface area is 222 Å². The summed E-state index contributed by atoms with van der Waals surface area (Å²) < 4.78 is 40.1. The van der Waals surface area contributed by atoms with Gasteiger partial charge in [-0.2, -0.15) is 4.31 Å². The molecule has 1 aliphatic carbocycles. The lowest BCUT2D eigenvalue weighted by Crippen LogP contribution is -2.48. The van der Waals surface area contributed by atoms with Crippen molar-refractivity contribution in [3.8, 4) is 11.5 Å². The first-order valence-electron chi connectivity index (χ1n) is 12.5. The number of hydrogen-bond acceptors (Lipinski definition) is 6. The number of para-hydroxylation sites is 2. The molecule has 37 heavy (non-hydrogen) atoms. The van der Waals surface area contributed by atoms with Crippen molar-refractivity contribution in [2.45, 2.75) is 37.1 Å². The van der Waals surface area contributed by atoms with Crippen LogP contribution in [0.2, 0.25) is 0 Å². The standard InChI is InChI=1S/C28H32N2O5S2/c1-20-7-11-22(12-8-20)37(32,33)29(17-21-9-10-21)18-28(31)30-15-13-27-23(14-16-36-27)24(30)19-35-26-6-4-3-5-25(26)34-2/h3-8,11-12,14,16,21,24H,9-10,13,15,17-19H2,1-2H3/t24-/m0/s1. The molecule has 1 aromatic heterocycles. The summed E-state index contributed by atoms with van der Waals surface area (Å²) in [7, 11) is -2.20. The highest BCUT2D eigenvalue weighted by Crippen LogP contribution is 2.36. The molecular formula is C28H32N2O5S2. The van der Waals surface area contributed by atoms with Crippen molar-refractivity contribution >= 4 is 27.3 Å². The third kappa shape index (κ3) is 5.68. The Morgan fingerprint density at radius 2 is 1.81 bits per heavy atom. The summed E-state index contributed by atoms with van der Waals surface area (Å²) in [5.41, 5.74) is 2.05. The molecule has 196 valence electrons. The molecule has 0 N–H and O–H groups in total. The maximum Gasteiger partial charge on any atom is 0.243 e. The molecule has 1 aliphatic heterocycles. The first-order valence-corrected chi connectivity index (χ1v) is 14.9. The minimum absolute atomic E-state index is 0.183. The van der Waals surface area contributed by atoms with Crippen molar-refractivity contribution in [1.82, 2.24) is 9.21 Å². The number of benzene rings is 2. The van der Waals surface area contributed by atoms with Gasteiger partial charge >= 0.3 is 0 Å². The van der Waals surface area contributed by atoms with E-state index in [9.17, 15) is 13.2 Å². The molecule has 1 fully saturated rings. The van der Waals surface area contributed by atoms with Gasteiger partial charge in [0.25, 0.3) is 0 Å². The zero-order valence-corrected chi connectivity index (χ0v) is 22.8. The molecule has 1 saturated carbocycles. The number of carbonyl (C=O) groups excluding carboxylic acids is 1. The molecule has 2 heterocycles. The van der Waals surface area contributed by atoms with Crippen LogP contribution < -0.4 is 9.47 Å². The number of fused-ring (bicyclic) bond motifs is 1. The van der Waals surface area contributed by atoms with Gasteiger partial charge in [-0.1, -0.05) is 29.8 Å². The van der Waals surface area contributed by atoms with Crippen LogP contribution in [0.3, 0.4) is 0 Å². The van der Waals surface area contributed by atoms with E-state index in [1.54, 1.807) is 47.6 Å². The number of ether oxygens (including phenoxy) is 2. The second-order valence-corrected chi connectivity index (χ2v) is 12.6. The van der Waals surface area contributed by atoms with Crippen LogP contribution in [-0.2, 0) is 21.2 Å². The van der Waals surface area contributed by atoms with Crippen LogP contribution in [0.25, 0.3) is 0 Å². The summed E-state index contributed by atoms with van der Waals surface area (Å²) in [6.45, 7) is 2.88. The normalized spacial score (nSPS) is 17.5. The zero-order chi connectivity index (χ0) is 26.0. The Balaban J connectivity index is 1.38. The second kappa shape index (κ2) is 10.8. The Bertz CT molecular complexity index is 1350. The molecule has 2 aromatic carbocycles. The van der Waals surface area contributed by atoms with Gasteiger partial charge in [0, 0.05) is 18.0 Å². The van der Waals surface area contributed by atoms with Crippen LogP contribution in [0, 0.1) is 12.8 Å². The highest BCUT2D eigenvalue weighted by molar-refractivity contribution is 7.89. The van der Waals surface area contributed by atoms with Gasteiger partial charge in [-0.25, -0.2) is 8.42 Å². The van der Waals surface area contributed by atoms with Crippen molar-refractivity contribution in [2.24, 2.45) is 5.92 Å². The van der Waals surface area contributed by atoms with E-state index in [2.05, 4.69) is 0 Å². The van der Waals surface area contributed by atoms with Crippen molar-refractivity contribution in [3.05, 3.63) is 76.0 Å². The van der Waals surface area contributed by atoms with E-state index in [4.69, 9.17) is 9.47 Å². The second-order valence-electron chi connectivity index (χ2n) is 9.67. The van der Waals surface area contributed by atoms with Crippen molar-refractivity contribution in [1.29, 1.82) is 0 Å². The fourth-order valence-electron chi connectivity index (χ4n) is 4.72. The Morgan fingerprint density at radius 3 is 2.51 bits per heavy atom. The lowest BCUT2D eigenvalue weighted by Gasteiger charge is -2.37. The Kier molecular flexibility index (Phi) is 7.55. The summed E-state index contributed by atoms with van der Waals surface area (Å²) in [5.74, 6) is 1.34. The number of rotatable bonds is 10. The summed E-state index contributed by atoms with van der Waals surface area (Å²) in [5, 5.41) is 2.04. The lowest BCUT2D eigenvalue weighted by atomic mass is 10.0. The Hall–Kier alpha value is -2.88. The average molecular weight is 541 g/mol. The molecule has 1 amide bonds. The molecule has 0 spiro atoms. The largest absolute Gasteiger partial charge is 0.493 e. The number of aryl methyl sites for hydroxylation is 1. The fourth-order valence-corrected chi connectivity index (χ4v) is 7.11. The van der Waals surface area contributed by atoms with Gasteiger partial charge < -0.3 is 14.4 Å². The van der Waals surface area contributed by atoms with Gasteiger partial charge in [0.05, 0.1) is 24.6 Å². The van der Waals surface area contributed by atoms with E-state index in [1.807, 2.05) is 42.6 Å². The maximum atomic E-state index is 13.8. The SMILES string of the molecule is COc1ccccc1OC[C@H]1c2ccsc2CCN1C(=O)CN(CC1CC1)S(=O)(=O)c1ccc(C)cc1. The summed E-state index contributed by atoms with van der Waals surface area (Å²) in [4.78, 5) is 17.0. The number of sulfonamides is 1. The van der Waals surface area contributed by atoms with Crippen molar-refractivity contribution in [3.63, 3.8) is 0 Å². The number of carbonyl (C=O) groups is 1. The first-order chi connectivity index (χ1) is 17.9. The van der Waals surface area contributed by atoms with E-state index < -0.39 is 10.0 Å². The highest BCUT2D eigenvalue weighted by atomic mass is 32.2. The molecular weight excluding hydrogens is 508 g/mol. The first kappa shape index (κ1) is 25.8. The number of thiophene rings is 1. The van der Waals surface area contributed by atoms with Gasteiger partial charge in [0.15, 0.2) is 11.5 Å². The van der Waals surface area contributed by atoms with Crippen molar-refractivity contribution in [2.75, 3.05) is 33.4 Å². The van der Waals surface area contributed by atoms with E-state index in [0.29, 0.717) is 30.5 Å². The number of amides is 1. The van der Waals surface area contributed by atoms with Crippen LogP contribution in [0.15, 0.2) is 64.9 Å². The lowest BCUT2D eigenvalue weighted by molar-refractivity contribution is -0.135. The predicted octanol–water partition coefficient (Wildman–Crippen LogP) is 4.67. The molecule has 0 unspecified atom stereocenters. The minimum Gasteiger partial charge on any atom is -0.493 e. The third-order valence-electron chi connectivity index (χ3n) is 7.01. The molecule has 0 saturated heterocycles. The molecule has 3 aromatic rings. The van der Waals surface area contributed by atoms with Gasteiger partial charge in [0.1, 0.15) is 6.61 Å². The third-order valence-corrected chi connectivity index (χ3v) is 9.83. The van der Waals surface area contributed by atoms with Gasteiger partial charge in [-0.05, 0) is 73.4 Å². The number of methoxy groups -OCH3 is 1. The topological polar surface area (TPSA) is 76.2 Å². The zero-order valence-electron chi connectivity index (χ0n) is 21.1. The van der Waals surface area contributed by atoms with E-state index in [1.165, 1.54) is 9.18 Å². The monoisotopic (exact) mass is 540 g/mol. The maximum absolute atomic E-state index is 13.8. The smallest absolute Gasteiger partial charge is 0.243 e. The molecule has 0 bridgehead atoms. The quantitative estimate of drug-likeness (QED) is 0.374. The summed E-state index contributed by atoms with van der Waals surface area (Å²) >= 11 is 1.68. The fraction of sp³-hybridized carbons (Fsp3) is 0.393. The van der Waals surface area contributed by atoms with Crippen molar-refractivity contribution < 1.29 is 22.7 Å². The molecule has 7 nitrogen and oxygen atoms in total. The van der Waals surface area contributed by atoms with E-state index in [0.717, 1.165) is 30.4 Å². The van der Waals surface area contributed by atoms with Crippen LogP contribution in [0.1, 0.15) is 34.9 Å². The molecule has 1 atom stereocenters. The van der Waals surface area contributed by atoms with Gasteiger partial charge in [0.2, 0.25) is 15.9 Å². The predicted molar refractivity (Wildman–Crippen MR) is 144 cm³/mol. The van der Waals surface area contributed by atoms with Crippen LogP contribution in [0.4, 0.5) is 0 Å². The molecule has 5 rings (SSSR count).